The first-order chi connectivity index (χ1) is 7.13. The number of hydrogen-bond acceptors (Lipinski definition) is 3. The average Bonchev–Trinajstić information content (AvgIpc) is 2.21. The van der Waals surface area contributed by atoms with Crippen LogP contribution < -0.4 is 5.73 Å². The second-order valence-corrected chi connectivity index (χ2v) is 4.84. The number of ether oxygens (including phenoxy) is 1. The lowest BCUT2D eigenvalue weighted by molar-refractivity contribution is -0.154. The molecule has 0 radical (unpaired) electrons. The summed E-state index contributed by atoms with van der Waals surface area (Å²) in [5.41, 5.74) is 5.47. The van der Waals surface area contributed by atoms with Crippen LogP contribution in [0.25, 0.3) is 0 Å². The predicted molar refractivity (Wildman–Crippen MR) is 60.3 cm³/mol. The van der Waals surface area contributed by atoms with E-state index in [1.54, 1.807) is 0 Å². The predicted octanol–water partition coefficient (Wildman–Crippen LogP) is 2.09. The molecular weight excluding hydrogens is 190 g/mol. The van der Waals surface area contributed by atoms with Crippen LogP contribution in [0.5, 0.6) is 0 Å². The standard InChI is InChI=1S/C12H23NO2/c1-9(8-13)7-12(14)15-11-6-4-3-5-10(11)2/h9-11H,3-8,13H2,1-2H3. The van der Waals surface area contributed by atoms with E-state index < -0.39 is 0 Å². The van der Waals surface area contributed by atoms with Gasteiger partial charge in [-0.1, -0.05) is 20.3 Å². The van der Waals surface area contributed by atoms with Gasteiger partial charge in [-0.25, -0.2) is 0 Å². The number of rotatable bonds is 4. The zero-order chi connectivity index (χ0) is 11.3. The fourth-order valence-electron chi connectivity index (χ4n) is 2.04. The largest absolute Gasteiger partial charge is 0.462 e. The van der Waals surface area contributed by atoms with Crippen molar-refractivity contribution in [2.75, 3.05) is 6.54 Å². The molecule has 1 rings (SSSR count). The van der Waals surface area contributed by atoms with Crippen molar-refractivity contribution in [3.05, 3.63) is 0 Å². The molecule has 0 amide bonds. The zero-order valence-electron chi connectivity index (χ0n) is 9.87. The third-order valence-electron chi connectivity index (χ3n) is 3.23. The second kappa shape index (κ2) is 6.11. The van der Waals surface area contributed by atoms with Gasteiger partial charge in [-0.2, -0.15) is 0 Å². The number of nitrogens with two attached hydrogens (primary N) is 1. The SMILES string of the molecule is CC(CN)CC(=O)OC1CCCCC1C. The Hall–Kier alpha value is -0.570. The van der Waals surface area contributed by atoms with Gasteiger partial charge in [0.2, 0.25) is 0 Å². The van der Waals surface area contributed by atoms with E-state index in [0.717, 1.165) is 6.42 Å². The molecule has 0 bridgehead atoms. The van der Waals surface area contributed by atoms with E-state index in [0.29, 0.717) is 18.9 Å². The molecule has 3 atom stereocenters. The van der Waals surface area contributed by atoms with Crippen LogP contribution in [0.15, 0.2) is 0 Å². The van der Waals surface area contributed by atoms with Crippen LogP contribution in [0, 0.1) is 11.8 Å². The monoisotopic (exact) mass is 213 g/mol. The summed E-state index contributed by atoms with van der Waals surface area (Å²) in [5, 5.41) is 0. The average molecular weight is 213 g/mol. The summed E-state index contributed by atoms with van der Waals surface area (Å²) in [6.07, 6.45) is 5.29. The third kappa shape index (κ3) is 4.20. The number of esters is 1. The van der Waals surface area contributed by atoms with E-state index in [1.165, 1.54) is 19.3 Å². The Labute approximate surface area is 92.4 Å². The van der Waals surface area contributed by atoms with E-state index in [9.17, 15) is 4.79 Å². The van der Waals surface area contributed by atoms with Gasteiger partial charge in [-0.05, 0) is 37.6 Å². The Balaban J connectivity index is 2.29. The van der Waals surface area contributed by atoms with E-state index in [-0.39, 0.29) is 18.0 Å². The van der Waals surface area contributed by atoms with Gasteiger partial charge in [-0.15, -0.1) is 0 Å². The molecule has 0 aromatic carbocycles. The first-order valence-electron chi connectivity index (χ1n) is 6.03. The highest BCUT2D eigenvalue weighted by atomic mass is 16.5. The molecule has 3 nitrogen and oxygen atoms in total. The molecule has 3 heteroatoms. The summed E-state index contributed by atoms with van der Waals surface area (Å²) < 4.78 is 5.48. The smallest absolute Gasteiger partial charge is 0.306 e. The Morgan fingerprint density at radius 3 is 2.73 bits per heavy atom. The lowest BCUT2D eigenvalue weighted by atomic mass is 9.88. The van der Waals surface area contributed by atoms with Gasteiger partial charge in [0.1, 0.15) is 6.10 Å². The number of hydrogen-bond donors (Lipinski definition) is 1. The summed E-state index contributed by atoms with van der Waals surface area (Å²) >= 11 is 0. The first-order valence-corrected chi connectivity index (χ1v) is 6.03. The number of carbonyl (C=O) groups excluding carboxylic acids is 1. The summed E-state index contributed by atoms with van der Waals surface area (Å²) in [5.74, 6) is 0.680. The maximum absolute atomic E-state index is 11.5. The van der Waals surface area contributed by atoms with Crippen molar-refractivity contribution >= 4 is 5.97 Å². The Kier molecular flexibility index (Phi) is 5.09. The molecule has 1 aliphatic carbocycles. The summed E-state index contributed by atoms with van der Waals surface area (Å²) in [6.45, 7) is 4.70. The minimum Gasteiger partial charge on any atom is -0.462 e. The second-order valence-electron chi connectivity index (χ2n) is 4.84. The molecule has 1 aliphatic rings. The van der Waals surface area contributed by atoms with Crippen molar-refractivity contribution in [1.82, 2.24) is 0 Å². The first kappa shape index (κ1) is 12.5. The van der Waals surface area contributed by atoms with Crippen molar-refractivity contribution in [2.24, 2.45) is 17.6 Å². The minimum atomic E-state index is -0.0771. The molecule has 1 saturated carbocycles. The van der Waals surface area contributed by atoms with Crippen molar-refractivity contribution < 1.29 is 9.53 Å². The van der Waals surface area contributed by atoms with Gasteiger partial charge in [0, 0.05) is 6.42 Å². The van der Waals surface area contributed by atoms with E-state index >= 15 is 0 Å². The molecule has 0 heterocycles. The molecule has 0 saturated heterocycles. The highest BCUT2D eigenvalue weighted by Gasteiger charge is 2.24. The van der Waals surface area contributed by atoms with Crippen molar-refractivity contribution in [3.63, 3.8) is 0 Å². The molecule has 15 heavy (non-hydrogen) atoms. The highest BCUT2D eigenvalue weighted by Crippen LogP contribution is 2.26. The molecule has 0 aliphatic heterocycles. The van der Waals surface area contributed by atoms with Crippen molar-refractivity contribution in [3.8, 4) is 0 Å². The van der Waals surface area contributed by atoms with Gasteiger partial charge >= 0.3 is 5.97 Å². The normalized spacial score (nSPS) is 28.5. The molecule has 3 unspecified atom stereocenters. The summed E-state index contributed by atoms with van der Waals surface area (Å²) in [4.78, 5) is 11.5. The molecular formula is C12H23NO2. The maximum Gasteiger partial charge on any atom is 0.306 e. The van der Waals surface area contributed by atoms with Gasteiger partial charge in [0.15, 0.2) is 0 Å². The molecule has 0 aromatic rings. The van der Waals surface area contributed by atoms with Crippen molar-refractivity contribution in [2.45, 2.75) is 52.1 Å². The van der Waals surface area contributed by atoms with Gasteiger partial charge < -0.3 is 10.5 Å². The molecule has 1 fully saturated rings. The minimum absolute atomic E-state index is 0.0771. The third-order valence-corrected chi connectivity index (χ3v) is 3.23. The molecule has 0 aromatic heterocycles. The Morgan fingerprint density at radius 2 is 2.13 bits per heavy atom. The lowest BCUT2D eigenvalue weighted by Crippen LogP contribution is -2.29. The molecule has 0 spiro atoms. The van der Waals surface area contributed by atoms with E-state index in [2.05, 4.69) is 6.92 Å². The fraction of sp³-hybridized carbons (Fsp3) is 0.917. The topological polar surface area (TPSA) is 52.3 Å². The van der Waals surface area contributed by atoms with Gasteiger partial charge in [0.05, 0.1) is 0 Å². The van der Waals surface area contributed by atoms with E-state index in [4.69, 9.17) is 10.5 Å². The fourth-order valence-corrected chi connectivity index (χ4v) is 2.04. The van der Waals surface area contributed by atoms with Crippen molar-refractivity contribution in [1.29, 1.82) is 0 Å². The molecule has 88 valence electrons. The van der Waals surface area contributed by atoms with Crippen LogP contribution in [-0.2, 0) is 9.53 Å². The van der Waals surface area contributed by atoms with Crippen LogP contribution in [0.3, 0.4) is 0 Å². The number of carbonyl (C=O) groups is 1. The van der Waals surface area contributed by atoms with Crippen LogP contribution in [0.2, 0.25) is 0 Å². The zero-order valence-corrected chi connectivity index (χ0v) is 9.87. The highest BCUT2D eigenvalue weighted by molar-refractivity contribution is 5.69. The maximum atomic E-state index is 11.5. The van der Waals surface area contributed by atoms with Crippen LogP contribution in [0.4, 0.5) is 0 Å². The quantitative estimate of drug-likeness (QED) is 0.727. The van der Waals surface area contributed by atoms with Gasteiger partial charge in [-0.3, -0.25) is 4.79 Å². The van der Waals surface area contributed by atoms with Gasteiger partial charge in [0.25, 0.3) is 0 Å². The van der Waals surface area contributed by atoms with Crippen LogP contribution in [0.1, 0.15) is 46.0 Å². The Bertz CT molecular complexity index is 206. The summed E-state index contributed by atoms with van der Waals surface area (Å²) in [7, 11) is 0. The lowest BCUT2D eigenvalue weighted by Gasteiger charge is -2.28. The molecule has 2 N–H and O–H groups in total. The van der Waals surface area contributed by atoms with Crippen LogP contribution in [-0.4, -0.2) is 18.6 Å². The Morgan fingerprint density at radius 1 is 1.47 bits per heavy atom. The van der Waals surface area contributed by atoms with E-state index in [1.807, 2.05) is 6.92 Å². The van der Waals surface area contributed by atoms with Crippen LogP contribution >= 0.6 is 0 Å². The summed E-state index contributed by atoms with van der Waals surface area (Å²) in [6, 6.07) is 0.